The monoisotopic (exact) mass is 449 g/mol. The fourth-order valence-electron chi connectivity index (χ4n) is 3.88. The lowest BCUT2D eigenvalue weighted by molar-refractivity contribution is 0.0644. The highest BCUT2D eigenvalue weighted by Gasteiger charge is 2.31. The Kier molecular flexibility index (Phi) is 6.80. The first kappa shape index (κ1) is 23.6. The molecule has 2 aromatic heterocycles. The van der Waals surface area contributed by atoms with Crippen molar-refractivity contribution in [3.8, 4) is 33.5 Å². The fraction of sp³-hybridized carbons (Fsp3) is 0.385. The second-order valence-corrected chi connectivity index (χ2v) is 9.47. The summed E-state index contributed by atoms with van der Waals surface area (Å²) in [4.78, 5) is 16.3. The van der Waals surface area contributed by atoms with E-state index in [1.807, 2.05) is 71.3 Å². The number of benzene rings is 1. The molecule has 0 fully saturated rings. The second-order valence-electron chi connectivity index (χ2n) is 8.53. The Labute approximate surface area is 194 Å². The van der Waals surface area contributed by atoms with Crippen LogP contribution in [0, 0.1) is 11.3 Å². The van der Waals surface area contributed by atoms with Gasteiger partial charge < -0.3 is 14.2 Å². The molecular weight excluding hydrogens is 418 g/mol. The lowest BCUT2D eigenvalue weighted by Gasteiger charge is -2.32. The third kappa shape index (κ3) is 4.05. The zero-order valence-corrected chi connectivity index (χ0v) is 20.8. The Morgan fingerprint density at radius 3 is 2.50 bits per heavy atom. The average Bonchev–Trinajstić information content (AvgIpc) is 3.45. The number of carbonyl (C=O) groups is 1. The molecule has 6 heteroatoms. The van der Waals surface area contributed by atoms with E-state index in [1.54, 1.807) is 23.3 Å². The molecule has 0 bridgehead atoms. The number of carbonyl (C=O) groups excluding carboxylic acids is 1. The number of ether oxygens (including phenoxy) is 1. The van der Waals surface area contributed by atoms with Crippen LogP contribution in [0.15, 0.2) is 35.7 Å². The topological polar surface area (TPSA) is 58.3 Å². The highest BCUT2D eigenvalue weighted by atomic mass is 32.1. The molecule has 0 aliphatic carbocycles. The van der Waals surface area contributed by atoms with Crippen LogP contribution in [0.2, 0.25) is 0 Å². The first-order chi connectivity index (χ1) is 15.3. The minimum Gasteiger partial charge on any atom is -0.495 e. The molecule has 3 heterocycles. The molecule has 0 radical (unpaired) electrons. The van der Waals surface area contributed by atoms with Gasteiger partial charge in [-0.3, -0.25) is 4.79 Å². The van der Waals surface area contributed by atoms with Gasteiger partial charge in [0, 0.05) is 35.1 Å². The molecule has 168 valence electrons. The fourth-order valence-corrected chi connectivity index (χ4v) is 4.63. The van der Waals surface area contributed by atoms with Crippen molar-refractivity contribution >= 4 is 17.2 Å². The first-order valence-electron chi connectivity index (χ1n) is 10.9. The Hall–Kier alpha value is -3.04. The summed E-state index contributed by atoms with van der Waals surface area (Å²) in [6.07, 6.45) is 0.780. The van der Waals surface area contributed by atoms with E-state index in [0.717, 1.165) is 33.7 Å². The summed E-state index contributed by atoms with van der Waals surface area (Å²) in [6, 6.07) is 12.2. The Morgan fingerprint density at radius 2 is 1.94 bits per heavy atom. The number of rotatable bonds is 3. The standard InChI is InChI=1S/C24H25N3O2S.C2H6/c1-24(2,3)26(4)23(28)19-13-18(21-7-6-10-30-21)22-17-11-16(14-25)20(29-5)12-15(17)8-9-27(19)22;1-2/h6-7,10-13H,8-9H2,1-5H3;1-2H3. The molecule has 1 aromatic carbocycles. The molecule has 0 saturated heterocycles. The third-order valence-corrected chi connectivity index (χ3v) is 6.72. The van der Waals surface area contributed by atoms with Gasteiger partial charge in [0.1, 0.15) is 17.5 Å². The van der Waals surface area contributed by atoms with Gasteiger partial charge in [-0.25, -0.2) is 0 Å². The predicted molar refractivity (Wildman–Crippen MR) is 131 cm³/mol. The smallest absolute Gasteiger partial charge is 0.270 e. The summed E-state index contributed by atoms with van der Waals surface area (Å²) in [6.45, 7) is 10.8. The number of thiophene rings is 1. The summed E-state index contributed by atoms with van der Waals surface area (Å²) >= 11 is 1.65. The van der Waals surface area contributed by atoms with Crippen LogP contribution in [-0.2, 0) is 13.0 Å². The quantitative estimate of drug-likeness (QED) is 0.477. The normalized spacial score (nSPS) is 12.1. The van der Waals surface area contributed by atoms with Crippen molar-refractivity contribution in [3.05, 3.63) is 52.5 Å². The Balaban J connectivity index is 0.00000141. The molecule has 0 spiro atoms. The minimum atomic E-state index is -0.279. The van der Waals surface area contributed by atoms with Crippen molar-refractivity contribution in [2.75, 3.05) is 14.2 Å². The molecule has 1 aliphatic heterocycles. The molecule has 1 amide bonds. The maximum Gasteiger partial charge on any atom is 0.270 e. The summed E-state index contributed by atoms with van der Waals surface area (Å²) in [5.41, 5.74) is 5.08. The van der Waals surface area contributed by atoms with Crippen molar-refractivity contribution in [2.24, 2.45) is 0 Å². The van der Waals surface area contributed by atoms with E-state index in [4.69, 9.17) is 4.74 Å². The van der Waals surface area contributed by atoms with Crippen LogP contribution in [0.1, 0.15) is 56.2 Å². The molecule has 0 saturated carbocycles. The van der Waals surface area contributed by atoms with E-state index >= 15 is 0 Å². The van der Waals surface area contributed by atoms with Crippen LogP contribution in [-0.4, -0.2) is 35.1 Å². The van der Waals surface area contributed by atoms with Crippen molar-refractivity contribution in [2.45, 2.75) is 53.1 Å². The molecule has 0 atom stereocenters. The van der Waals surface area contributed by atoms with Crippen LogP contribution in [0.25, 0.3) is 21.7 Å². The maximum absolute atomic E-state index is 13.4. The van der Waals surface area contributed by atoms with Gasteiger partial charge in [0.05, 0.1) is 18.4 Å². The first-order valence-corrected chi connectivity index (χ1v) is 11.8. The molecule has 3 aromatic rings. The van der Waals surface area contributed by atoms with Crippen molar-refractivity contribution in [1.29, 1.82) is 5.26 Å². The zero-order chi connectivity index (χ0) is 23.6. The highest BCUT2D eigenvalue weighted by Crippen LogP contribution is 2.43. The minimum absolute atomic E-state index is 0.00373. The number of methoxy groups -OCH3 is 1. The van der Waals surface area contributed by atoms with Crippen LogP contribution < -0.4 is 4.74 Å². The number of hydrogen-bond donors (Lipinski definition) is 0. The zero-order valence-electron chi connectivity index (χ0n) is 19.9. The number of hydrogen-bond acceptors (Lipinski definition) is 4. The number of aryl methyl sites for hydroxylation is 1. The van der Waals surface area contributed by atoms with Crippen LogP contribution >= 0.6 is 11.3 Å². The number of aromatic nitrogens is 1. The summed E-state index contributed by atoms with van der Waals surface area (Å²) in [5.74, 6) is 0.599. The summed E-state index contributed by atoms with van der Waals surface area (Å²) in [7, 11) is 3.44. The van der Waals surface area contributed by atoms with E-state index in [9.17, 15) is 10.1 Å². The Bertz CT molecular complexity index is 1160. The second kappa shape index (κ2) is 9.22. The van der Waals surface area contributed by atoms with Gasteiger partial charge in [0.2, 0.25) is 0 Å². The summed E-state index contributed by atoms with van der Waals surface area (Å²) < 4.78 is 7.54. The largest absolute Gasteiger partial charge is 0.495 e. The van der Waals surface area contributed by atoms with Crippen LogP contribution in [0.3, 0.4) is 0 Å². The number of nitriles is 1. The van der Waals surface area contributed by atoms with Gasteiger partial charge in [-0.05, 0) is 62.4 Å². The van der Waals surface area contributed by atoms with E-state index in [1.165, 1.54) is 0 Å². The number of fused-ring (bicyclic) bond motifs is 3. The molecule has 5 nitrogen and oxygen atoms in total. The predicted octanol–water partition coefficient (Wildman–Crippen LogP) is 6.22. The van der Waals surface area contributed by atoms with Gasteiger partial charge in [-0.1, -0.05) is 19.9 Å². The van der Waals surface area contributed by atoms with Crippen molar-refractivity contribution in [3.63, 3.8) is 0 Å². The van der Waals surface area contributed by atoms with Crippen molar-refractivity contribution in [1.82, 2.24) is 9.47 Å². The van der Waals surface area contributed by atoms with Crippen LogP contribution in [0.4, 0.5) is 0 Å². The summed E-state index contributed by atoms with van der Waals surface area (Å²) in [5, 5.41) is 11.7. The molecule has 1 aliphatic rings. The number of amides is 1. The van der Waals surface area contributed by atoms with E-state index in [-0.39, 0.29) is 11.4 Å². The van der Waals surface area contributed by atoms with E-state index in [0.29, 0.717) is 23.6 Å². The molecule has 4 rings (SSSR count). The van der Waals surface area contributed by atoms with Gasteiger partial charge >= 0.3 is 0 Å². The third-order valence-electron chi connectivity index (χ3n) is 5.82. The SMILES string of the molecule is CC.COc1cc2c(cc1C#N)-c1c(-c3cccs3)cc(C(=O)N(C)C(C)(C)C)n1CC2. The van der Waals surface area contributed by atoms with Gasteiger partial charge in [0.15, 0.2) is 0 Å². The van der Waals surface area contributed by atoms with Gasteiger partial charge in [-0.15, -0.1) is 11.3 Å². The molecule has 0 unspecified atom stereocenters. The van der Waals surface area contributed by atoms with Crippen LogP contribution in [0.5, 0.6) is 5.75 Å². The lowest BCUT2D eigenvalue weighted by Crippen LogP contribution is -2.43. The van der Waals surface area contributed by atoms with Gasteiger partial charge in [0.25, 0.3) is 5.91 Å². The van der Waals surface area contributed by atoms with Gasteiger partial charge in [-0.2, -0.15) is 5.26 Å². The Morgan fingerprint density at radius 1 is 1.22 bits per heavy atom. The maximum atomic E-state index is 13.4. The number of nitrogens with zero attached hydrogens (tertiary/aromatic N) is 3. The highest BCUT2D eigenvalue weighted by molar-refractivity contribution is 7.13. The van der Waals surface area contributed by atoms with E-state index < -0.39 is 0 Å². The van der Waals surface area contributed by atoms with Crippen molar-refractivity contribution < 1.29 is 9.53 Å². The van der Waals surface area contributed by atoms with E-state index in [2.05, 4.69) is 16.7 Å². The lowest BCUT2D eigenvalue weighted by atomic mass is 9.93. The molecule has 32 heavy (non-hydrogen) atoms. The average molecular weight is 450 g/mol. The molecule has 0 N–H and O–H groups in total. The molecular formula is C26H31N3O2S.